The van der Waals surface area contributed by atoms with Crippen LogP contribution in [0.25, 0.3) is 0 Å². The number of hydrogen-bond acceptors (Lipinski definition) is 6. The van der Waals surface area contributed by atoms with Crippen LogP contribution < -0.4 is 4.74 Å². The number of nitrogens with zero attached hydrogens (tertiary/aromatic N) is 3. The number of likely N-dealkylation sites (N-methyl/N-ethyl adjacent to an activating group) is 1. The van der Waals surface area contributed by atoms with Gasteiger partial charge in [0.25, 0.3) is 5.91 Å². The molecule has 2 aliphatic heterocycles. The maximum absolute atomic E-state index is 13.5. The van der Waals surface area contributed by atoms with Crippen molar-refractivity contribution in [3.8, 4) is 29.4 Å². The third-order valence-corrected chi connectivity index (χ3v) is 10.9. The van der Waals surface area contributed by atoms with E-state index in [1.165, 1.54) is 11.1 Å². The molecule has 2 heterocycles. The maximum Gasteiger partial charge on any atom is 0.298 e. The van der Waals surface area contributed by atoms with Gasteiger partial charge in [-0.2, -0.15) is 5.26 Å². The average Bonchev–Trinajstić information content (AvgIpc) is 3.38. The van der Waals surface area contributed by atoms with Crippen molar-refractivity contribution in [3.05, 3.63) is 94.0 Å². The number of phenols is 1. The van der Waals surface area contributed by atoms with E-state index in [1.807, 2.05) is 56.3 Å². The smallest absolute Gasteiger partial charge is 0.298 e. The second-order valence-electron chi connectivity index (χ2n) is 13.0. The van der Waals surface area contributed by atoms with Gasteiger partial charge in [-0.1, -0.05) is 48.4 Å². The molecule has 1 spiro atoms. The third kappa shape index (κ3) is 4.07. The zero-order valence-electron chi connectivity index (χ0n) is 25.4. The van der Waals surface area contributed by atoms with Crippen molar-refractivity contribution in [2.24, 2.45) is 0 Å². The van der Waals surface area contributed by atoms with Crippen molar-refractivity contribution in [2.45, 2.75) is 81.2 Å². The first kappa shape index (κ1) is 28.5. The van der Waals surface area contributed by atoms with Gasteiger partial charge in [0.1, 0.15) is 6.10 Å². The molecular weight excluding hydrogens is 550 g/mol. The molecule has 7 heteroatoms. The van der Waals surface area contributed by atoms with Crippen LogP contribution in [0.5, 0.6) is 11.5 Å². The van der Waals surface area contributed by atoms with Crippen LogP contribution in [0.3, 0.4) is 0 Å². The summed E-state index contributed by atoms with van der Waals surface area (Å²) in [6.07, 6.45) is 2.01. The Bertz CT molecular complexity index is 1750. The molecule has 7 rings (SSSR count). The number of amides is 1. The number of ether oxygens (including phenoxy) is 1. The number of benzene rings is 3. The molecule has 3 aromatic carbocycles. The van der Waals surface area contributed by atoms with E-state index in [1.54, 1.807) is 18.0 Å². The molecule has 6 atom stereocenters. The molecule has 3 aromatic rings. The summed E-state index contributed by atoms with van der Waals surface area (Å²) in [4.78, 5) is 17.4. The molecule has 1 unspecified atom stereocenters. The minimum atomic E-state index is -1.20. The van der Waals surface area contributed by atoms with Crippen LogP contribution >= 0.6 is 0 Å². The second kappa shape index (κ2) is 10.4. The van der Waals surface area contributed by atoms with Gasteiger partial charge in [0, 0.05) is 36.7 Å². The van der Waals surface area contributed by atoms with Crippen molar-refractivity contribution in [1.82, 2.24) is 9.80 Å². The standard InChI is InChI=1S/C37H37N3O4/c1-23-9-10-26(19-24(23)2)11-14-32(42)39(3)29-15-17-37(43)31-20-27-12-13-30(41)34-33(27)36(37,35(29)44-34)21-28(22-38)40(31)18-16-25-7-5-4-6-8-25/h4-10,12-13,19,28-29,31,35,41,43H,15-18,20-21H2,1-3H3/t28?,29-,31+,35-,36-,37+/m0/s1. The molecule has 224 valence electrons. The highest BCUT2D eigenvalue weighted by atomic mass is 16.5. The van der Waals surface area contributed by atoms with Crippen LogP contribution in [0.2, 0.25) is 0 Å². The van der Waals surface area contributed by atoms with Gasteiger partial charge in [-0.3, -0.25) is 9.69 Å². The fourth-order valence-corrected chi connectivity index (χ4v) is 8.55. The molecule has 0 radical (unpaired) electrons. The third-order valence-electron chi connectivity index (χ3n) is 10.9. The Morgan fingerprint density at radius 2 is 1.93 bits per heavy atom. The first-order valence-electron chi connectivity index (χ1n) is 15.5. The molecular formula is C37H37N3O4. The molecule has 2 fully saturated rings. The SMILES string of the molecule is Cc1ccc(C#CC(=O)N(C)[C@H]2CC[C@@]3(O)[C@H]4Cc5ccc(O)c6c5[C@@]3(CC(C#N)N4CCc3ccccc3)[C@H]2O6)cc1C. The van der Waals surface area contributed by atoms with Gasteiger partial charge in [0.2, 0.25) is 0 Å². The van der Waals surface area contributed by atoms with Crippen LogP contribution in [0.4, 0.5) is 0 Å². The number of carbonyl (C=O) groups is 1. The number of likely N-dealkylation sites (tertiary alicyclic amines) is 1. The molecule has 2 aliphatic carbocycles. The zero-order valence-corrected chi connectivity index (χ0v) is 25.4. The summed E-state index contributed by atoms with van der Waals surface area (Å²) in [6.45, 7) is 4.71. The lowest BCUT2D eigenvalue weighted by molar-refractivity contribution is -0.206. The van der Waals surface area contributed by atoms with E-state index in [9.17, 15) is 20.3 Å². The number of aliphatic hydroxyl groups is 1. The predicted octanol–water partition coefficient (Wildman–Crippen LogP) is 4.18. The van der Waals surface area contributed by atoms with E-state index in [0.717, 1.165) is 28.7 Å². The van der Waals surface area contributed by atoms with Gasteiger partial charge in [0.15, 0.2) is 11.5 Å². The quantitative estimate of drug-likeness (QED) is 0.445. The van der Waals surface area contributed by atoms with E-state index in [-0.39, 0.29) is 17.7 Å². The number of piperidine rings is 1. The Morgan fingerprint density at radius 1 is 1.14 bits per heavy atom. The molecule has 1 saturated carbocycles. The van der Waals surface area contributed by atoms with E-state index in [0.29, 0.717) is 38.0 Å². The lowest BCUT2D eigenvalue weighted by Gasteiger charge is -2.65. The molecule has 2 N–H and O–H groups in total. The molecule has 44 heavy (non-hydrogen) atoms. The Kier molecular flexibility index (Phi) is 6.73. The predicted molar refractivity (Wildman–Crippen MR) is 166 cm³/mol. The van der Waals surface area contributed by atoms with E-state index < -0.39 is 29.2 Å². The Labute approximate surface area is 258 Å². The summed E-state index contributed by atoms with van der Waals surface area (Å²) < 4.78 is 6.63. The summed E-state index contributed by atoms with van der Waals surface area (Å²) >= 11 is 0. The summed E-state index contributed by atoms with van der Waals surface area (Å²) in [5, 5.41) is 34.4. The lowest BCUT2D eigenvalue weighted by atomic mass is 9.47. The average molecular weight is 588 g/mol. The minimum Gasteiger partial charge on any atom is -0.504 e. The number of phenolic OH excluding ortho intramolecular Hbond substituents is 1. The summed E-state index contributed by atoms with van der Waals surface area (Å²) in [7, 11) is 1.74. The van der Waals surface area contributed by atoms with Gasteiger partial charge in [0.05, 0.1) is 29.2 Å². The largest absolute Gasteiger partial charge is 0.504 e. The molecule has 1 amide bonds. The topological polar surface area (TPSA) is 97.0 Å². The van der Waals surface area contributed by atoms with Crippen LogP contribution in [0, 0.1) is 37.0 Å². The van der Waals surface area contributed by atoms with Crippen LogP contribution in [-0.2, 0) is 23.1 Å². The van der Waals surface area contributed by atoms with Gasteiger partial charge >= 0.3 is 0 Å². The van der Waals surface area contributed by atoms with Crippen molar-refractivity contribution in [2.75, 3.05) is 13.6 Å². The first-order chi connectivity index (χ1) is 21.2. The van der Waals surface area contributed by atoms with Crippen LogP contribution in [-0.4, -0.2) is 69.3 Å². The summed E-state index contributed by atoms with van der Waals surface area (Å²) in [5.41, 5.74) is 3.96. The number of aromatic hydroxyl groups is 1. The van der Waals surface area contributed by atoms with Crippen molar-refractivity contribution in [3.63, 3.8) is 0 Å². The lowest BCUT2D eigenvalue weighted by Crippen LogP contribution is -2.79. The van der Waals surface area contributed by atoms with E-state index >= 15 is 0 Å². The highest BCUT2D eigenvalue weighted by molar-refractivity contribution is 5.94. The molecule has 0 aromatic heterocycles. The molecule has 4 aliphatic rings. The Balaban J connectivity index is 1.26. The Hall–Kier alpha value is -4.30. The zero-order chi connectivity index (χ0) is 30.8. The van der Waals surface area contributed by atoms with Crippen molar-refractivity contribution >= 4 is 5.91 Å². The summed E-state index contributed by atoms with van der Waals surface area (Å²) in [5.74, 6) is 5.92. The van der Waals surface area contributed by atoms with Gasteiger partial charge in [-0.15, -0.1) is 0 Å². The number of aryl methyl sites for hydroxylation is 2. The van der Waals surface area contributed by atoms with Crippen LogP contribution in [0.1, 0.15) is 52.6 Å². The highest BCUT2D eigenvalue weighted by Crippen LogP contribution is 2.66. The molecule has 1 saturated heterocycles. The van der Waals surface area contributed by atoms with Crippen molar-refractivity contribution in [1.29, 1.82) is 5.26 Å². The molecule has 2 bridgehead atoms. The number of nitriles is 1. The van der Waals surface area contributed by atoms with Crippen LogP contribution in [0.15, 0.2) is 60.7 Å². The normalized spacial score (nSPS) is 29.4. The van der Waals surface area contributed by atoms with Gasteiger partial charge in [-0.25, -0.2) is 0 Å². The number of hydrogen-bond donors (Lipinski definition) is 2. The maximum atomic E-state index is 13.5. The van der Waals surface area contributed by atoms with E-state index in [4.69, 9.17) is 4.74 Å². The first-order valence-corrected chi connectivity index (χ1v) is 15.5. The fourth-order valence-electron chi connectivity index (χ4n) is 8.55. The second-order valence-corrected chi connectivity index (χ2v) is 13.0. The monoisotopic (exact) mass is 587 g/mol. The summed E-state index contributed by atoms with van der Waals surface area (Å²) in [6, 6.07) is 21.1. The highest BCUT2D eigenvalue weighted by Gasteiger charge is 2.74. The number of carbonyl (C=O) groups excluding carboxylic acids is 1. The Morgan fingerprint density at radius 3 is 2.68 bits per heavy atom. The van der Waals surface area contributed by atoms with Crippen molar-refractivity contribution < 1.29 is 19.7 Å². The van der Waals surface area contributed by atoms with E-state index in [2.05, 4.69) is 34.9 Å². The van der Waals surface area contributed by atoms with Gasteiger partial charge in [-0.05, 0) is 86.4 Å². The number of rotatable bonds is 4. The molecule has 7 nitrogen and oxygen atoms in total. The van der Waals surface area contributed by atoms with Gasteiger partial charge < -0.3 is 19.8 Å². The minimum absolute atomic E-state index is 0.0237. The fraction of sp³-hybridized carbons (Fsp3) is 0.405.